The van der Waals surface area contributed by atoms with E-state index in [-0.39, 0.29) is 11.7 Å². The summed E-state index contributed by atoms with van der Waals surface area (Å²) in [4.78, 5) is 23.2. The molecular weight excluding hydrogens is 260 g/mol. The Morgan fingerprint density at radius 3 is 2.38 bits per heavy atom. The topological polar surface area (TPSA) is 34.1 Å². The molecule has 0 spiro atoms. The number of hydrogen-bond donors (Lipinski definition) is 0. The van der Waals surface area contributed by atoms with Crippen molar-refractivity contribution in [2.75, 3.05) is 0 Å². The summed E-state index contributed by atoms with van der Waals surface area (Å²) in [7, 11) is 0. The molecule has 0 saturated carbocycles. The molecular formula is C19H26O2. The number of carbonyl (C=O) groups excluding carboxylic acids is 2. The van der Waals surface area contributed by atoms with Crippen molar-refractivity contribution < 1.29 is 9.59 Å². The molecule has 0 heterocycles. The van der Waals surface area contributed by atoms with Crippen molar-refractivity contribution in [2.45, 2.75) is 51.4 Å². The SMILES string of the molecule is C=CCCCCCCC[C@@H](C=O)CC(=O)c1ccccc1. The summed E-state index contributed by atoms with van der Waals surface area (Å²) in [6, 6.07) is 9.22. The van der Waals surface area contributed by atoms with Crippen LogP contribution in [0.4, 0.5) is 0 Å². The number of carbonyl (C=O) groups is 2. The molecule has 0 N–H and O–H groups in total. The third-order valence-corrected chi connectivity index (χ3v) is 3.72. The quantitative estimate of drug-likeness (QED) is 0.235. The van der Waals surface area contributed by atoms with Crippen molar-refractivity contribution in [1.82, 2.24) is 0 Å². The van der Waals surface area contributed by atoms with Gasteiger partial charge in [0, 0.05) is 17.9 Å². The number of unbranched alkanes of at least 4 members (excludes halogenated alkanes) is 5. The van der Waals surface area contributed by atoms with Gasteiger partial charge in [-0.25, -0.2) is 0 Å². The van der Waals surface area contributed by atoms with Crippen LogP contribution >= 0.6 is 0 Å². The Kier molecular flexibility index (Phi) is 9.10. The molecule has 0 unspecified atom stereocenters. The second-order valence-corrected chi connectivity index (χ2v) is 5.52. The van der Waals surface area contributed by atoms with Crippen LogP contribution in [0, 0.1) is 5.92 Å². The molecule has 0 bridgehead atoms. The molecule has 0 aliphatic carbocycles. The Bertz CT molecular complexity index is 422. The predicted molar refractivity (Wildman–Crippen MR) is 87.5 cm³/mol. The molecule has 1 rings (SSSR count). The minimum atomic E-state index is -0.133. The van der Waals surface area contributed by atoms with Crippen LogP contribution in [-0.2, 0) is 4.79 Å². The molecule has 0 aromatic heterocycles. The van der Waals surface area contributed by atoms with E-state index in [9.17, 15) is 9.59 Å². The van der Waals surface area contributed by atoms with Crippen LogP contribution < -0.4 is 0 Å². The number of Topliss-reactive ketones (excluding diaryl/α,β-unsaturated/α-hetero) is 1. The van der Waals surface area contributed by atoms with Crippen molar-refractivity contribution in [3.8, 4) is 0 Å². The maximum atomic E-state index is 12.1. The fourth-order valence-corrected chi connectivity index (χ4v) is 2.42. The Labute approximate surface area is 128 Å². The third kappa shape index (κ3) is 7.60. The highest BCUT2D eigenvalue weighted by Crippen LogP contribution is 2.16. The molecule has 0 aliphatic rings. The minimum absolute atomic E-state index is 0.0682. The van der Waals surface area contributed by atoms with Crippen molar-refractivity contribution in [3.05, 3.63) is 48.6 Å². The number of rotatable bonds is 12. The van der Waals surface area contributed by atoms with Gasteiger partial charge in [0.05, 0.1) is 0 Å². The molecule has 0 aliphatic heterocycles. The average molecular weight is 286 g/mol. The van der Waals surface area contributed by atoms with Gasteiger partial charge in [-0.1, -0.05) is 62.1 Å². The van der Waals surface area contributed by atoms with Gasteiger partial charge in [-0.2, -0.15) is 0 Å². The first-order valence-electron chi connectivity index (χ1n) is 7.92. The second-order valence-electron chi connectivity index (χ2n) is 5.52. The highest BCUT2D eigenvalue weighted by Gasteiger charge is 2.14. The summed E-state index contributed by atoms with van der Waals surface area (Å²) >= 11 is 0. The first-order valence-corrected chi connectivity index (χ1v) is 7.92. The standard InChI is InChI=1S/C19H26O2/c1-2-3-4-5-6-7-9-12-17(16-20)15-19(21)18-13-10-8-11-14-18/h2,8,10-11,13-14,16-17H,1,3-7,9,12,15H2/t17-/m1/s1. The van der Waals surface area contributed by atoms with Crippen LogP contribution in [0.2, 0.25) is 0 Å². The van der Waals surface area contributed by atoms with E-state index in [1.54, 1.807) is 0 Å². The lowest BCUT2D eigenvalue weighted by Gasteiger charge is -2.09. The van der Waals surface area contributed by atoms with E-state index in [0.717, 1.165) is 32.0 Å². The van der Waals surface area contributed by atoms with Crippen LogP contribution in [-0.4, -0.2) is 12.1 Å². The molecule has 114 valence electrons. The van der Waals surface area contributed by atoms with Gasteiger partial charge in [-0.15, -0.1) is 6.58 Å². The molecule has 1 aromatic carbocycles. The fourth-order valence-electron chi connectivity index (χ4n) is 2.42. The zero-order valence-electron chi connectivity index (χ0n) is 12.8. The summed E-state index contributed by atoms with van der Waals surface area (Å²) in [6.07, 6.45) is 10.9. The largest absolute Gasteiger partial charge is 0.303 e. The van der Waals surface area contributed by atoms with Gasteiger partial charge < -0.3 is 4.79 Å². The fraction of sp³-hybridized carbons (Fsp3) is 0.474. The lowest BCUT2D eigenvalue weighted by molar-refractivity contribution is -0.111. The summed E-state index contributed by atoms with van der Waals surface area (Å²) in [6.45, 7) is 3.71. The summed E-state index contributed by atoms with van der Waals surface area (Å²) in [5.41, 5.74) is 0.703. The monoisotopic (exact) mass is 286 g/mol. The van der Waals surface area contributed by atoms with E-state index in [1.165, 1.54) is 19.3 Å². The Morgan fingerprint density at radius 1 is 1.05 bits per heavy atom. The summed E-state index contributed by atoms with van der Waals surface area (Å²) in [5.74, 6) is -0.0652. The highest BCUT2D eigenvalue weighted by molar-refractivity contribution is 5.97. The van der Waals surface area contributed by atoms with Crippen LogP contribution in [0.1, 0.15) is 61.7 Å². The van der Waals surface area contributed by atoms with Gasteiger partial charge in [0.2, 0.25) is 0 Å². The van der Waals surface area contributed by atoms with Crippen molar-refractivity contribution >= 4 is 12.1 Å². The highest BCUT2D eigenvalue weighted by atomic mass is 16.1. The zero-order chi connectivity index (χ0) is 15.3. The summed E-state index contributed by atoms with van der Waals surface area (Å²) in [5, 5.41) is 0. The molecule has 0 fully saturated rings. The number of ketones is 1. The maximum Gasteiger partial charge on any atom is 0.163 e. The second kappa shape index (κ2) is 11.0. The van der Waals surface area contributed by atoms with Crippen molar-refractivity contribution in [1.29, 1.82) is 0 Å². The summed E-state index contributed by atoms with van der Waals surface area (Å²) < 4.78 is 0. The van der Waals surface area contributed by atoms with Crippen molar-refractivity contribution in [2.24, 2.45) is 5.92 Å². The first kappa shape index (κ1) is 17.4. The Hall–Kier alpha value is -1.70. The van der Waals surface area contributed by atoms with E-state index in [2.05, 4.69) is 6.58 Å². The zero-order valence-corrected chi connectivity index (χ0v) is 12.8. The molecule has 2 heteroatoms. The van der Waals surface area contributed by atoms with E-state index < -0.39 is 0 Å². The first-order chi connectivity index (χ1) is 10.3. The maximum absolute atomic E-state index is 12.1. The molecule has 1 aromatic rings. The Balaban J connectivity index is 2.21. The molecule has 1 atom stereocenters. The van der Waals surface area contributed by atoms with E-state index >= 15 is 0 Å². The minimum Gasteiger partial charge on any atom is -0.303 e. The van der Waals surface area contributed by atoms with Gasteiger partial charge in [-0.3, -0.25) is 4.79 Å². The molecule has 0 saturated heterocycles. The molecule has 21 heavy (non-hydrogen) atoms. The van der Waals surface area contributed by atoms with Crippen LogP contribution in [0.3, 0.4) is 0 Å². The molecule has 2 nitrogen and oxygen atoms in total. The van der Waals surface area contributed by atoms with E-state index in [0.29, 0.717) is 12.0 Å². The molecule has 0 radical (unpaired) electrons. The number of aldehydes is 1. The lowest BCUT2D eigenvalue weighted by atomic mass is 9.94. The third-order valence-electron chi connectivity index (χ3n) is 3.72. The van der Waals surface area contributed by atoms with Crippen LogP contribution in [0.5, 0.6) is 0 Å². The van der Waals surface area contributed by atoms with E-state index in [4.69, 9.17) is 0 Å². The average Bonchev–Trinajstić information content (AvgIpc) is 2.53. The van der Waals surface area contributed by atoms with Crippen LogP contribution in [0.15, 0.2) is 43.0 Å². The number of benzene rings is 1. The van der Waals surface area contributed by atoms with Crippen LogP contribution in [0.25, 0.3) is 0 Å². The smallest absolute Gasteiger partial charge is 0.163 e. The van der Waals surface area contributed by atoms with Gasteiger partial charge in [0.1, 0.15) is 6.29 Å². The van der Waals surface area contributed by atoms with Gasteiger partial charge in [0.25, 0.3) is 0 Å². The van der Waals surface area contributed by atoms with E-state index in [1.807, 2.05) is 36.4 Å². The predicted octanol–water partition coefficient (Wildman–Crippen LogP) is 4.99. The Morgan fingerprint density at radius 2 is 1.71 bits per heavy atom. The number of hydrogen-bond acceptors (Lipinski definition) is 2. The molecule has 0 amide bonds. The lowest BCUT2D eigenvalue weighted by Crippen LogP contribution is -2.10. The number of allylic oxidation sites excluding steroid dienone is 1. The van der Waals surface area contributed by atoms with Crippen molar-refractivity contribution in [3.63, 3.8) is 0 Å². The van der Waals surface area contributed by atoms with Gasteiger partial charge >= 0.3 is 0 Å². The normalized spacial score (nSPS) is 11.8. The van der Waals surface area contributed by atoms with Gasteiger partial charge in [-0.05, 0) is 19.3 Å². The van der Waals surface area contributed by atoms with Gasteiger partial charge in [0.15, 0.2) is 5.78 Å².